The van der Waals surface area contributed by atoms with Crippen molar-refractivity contribution in [3.63, 3.8) is 0 Å². The molecule has 1 aliphatic heterocycles. The summed E-state index contributed by atoms with van der Waals surface area (Å²) in [6.07, 6.45) is 2.93. The van der Waals surface area contributed by atoms with E-state index in [2.05, 4.69) is 34.6 Å². The summed E-state index contributed by atoms with van der Waals surface area (Å²) < 4.78 is 0. The third-order valence-corrected chi connectivity index (χ3v) is 5.44. The van der Waals surface area contributed by atoms with Crippen molar-refractivity contribution in [1.82, 2.24) is 10.6 Å². The lowest BCUT2D eigenvalue weighted by molar-refractivity contribution is -0.129. The number of para-hydroxylation sites is 1. The van der Waals surface area contributed by atoms with Gasteiger partial charge in [-0.05, 0) is 19.4 Å². The van der Waals surface area contributed by atoms with Crippen molar-refractivity contribution in [3.8, 4) is 0 Å². The number of unbranched alkanes of at least 4 members (excludes halogenated alkanes) is 2. The van der Waals surface area contributed by atoms with E-state index < -0.39 is 12.2 Å². The molecule has 2 aromatic carbocycles. The van der Waals surface area contributed by atoms with Gasteiger partial charge in [0.05, 0.1) is 12.3 Å². The first-order chi connectivity index (χ1) is 15.0. The standard InChI is InChI=1S/C25H32N4O2/c1-4-5-7-16-23(30)26-18(2)25(31)28-22-17-29(3)21-15-11-10-14-20(21)24(27-22)19-12-8-6-9-13-19/h6,8-15,18,22H,4-5,7,16-17H2,1-3H3,(H,26,30)(H,28,31)/t18-,22+/m0/s1. The Kier molecular flexibility index (Phi) is 7.82. The molecule has 0 fully saturated rings. The van der Waals surface area contributed by atoms with Gasteiger partial charge in [-0.25, -0.2) is 0 Å². The molecule has 0 spiro atoms. The van der Waals surface area contributed by atoms with Gasteiger partial charge in [-0.1, -0.05) is 68.3 Å². The van der Waals surface area contributed by atoms with Gasteiger partial charge in [0, 0.05) is 30.3 Å². The van der Waals surface area contributed by atoms with Gasteiger partial charge in [0.15, 0.2) is 0 Å². The Morgan fingerprint density at radius 2 is 1.81 bits per heavy atom. The van der Waals surface area contributed by atoms with E-state index in [0.29, 0.717) is 13.0 Å². The highest BCUT2D eigenvalue weighted by atomic mass is 16.2. The number of nitrogens with one attached hydrogen (secondary N) is 2. The topological polar surface area (TPSA) is 73.8 Å². The Morgan fingerprint density at radius 1 is 1.10 bits per heavy atom. The number of benzene rings is 2. The van der Waals surface area contributed by atoms with E-state index in [1.54, 1.807) is 6.92 Å². The number of carbonyl (C=O) groups is 2. The van der Waals surface area contributed by atoms with Gasteiger partial charge in [0.25, 0.3) is 0 Å². The molecule has 0 aromatic heterocycles. The molecule has 3 rings (SSSR count). The van der Waals surface area contributed by atoms with E-state index >= 15 is 0 Å². The minimum atomic E-state index is -0.611. The first-order valence-corrected chi connectivity index (χ1v) is 11.0. The van der Waals surface area contributed by atoms with E-state index in [1.165, 1.54) is 0 Å². The van der Waals surface area contributed by atoms with Gasteiger partial charge in [0.2, 0.25) is 11.8 Å². The predicted octanol–water partition coefficient (Wildman–Crippen LogP) is 3.50. The molecule has 0 saturated carbocycles. The second-order valence-corrected chi connectivity index (χ2v) is 8.01. The van der Waals surface area contributed by atoms with Crippen LogP contribution in [0.4, 0.5) is 5.69 Å². The van der Waals surface area contributed by atoms with Crippen LogP contribution in [0.5, 0.6) is 0 Å². The minimum absolute atomic E-state index is 0.0880. The fraction of sp³-hybridized carbons (Fsp3) is 0.400. The number of hydrogen-bond donors (Lipinski definition) is 2. The zero-order valence-electron chi connectivity index (χ0n) is 18.6. The number of carbonyl (C=O) groups excluding carboxylic acids is 2. The Hall–Kier alpha value is -3.15. The molecule has 0 unspecified atom stereocenters. The number of benzodiazepines with no additional fused rings is 1. The maximum Gasteiger partial charge on any atom is 0.243 e. The van der Waals surface area contributed by atoms with Crippen LogP contribution in [-0.2, 0) is 9.59 Å². The van der Waals surface area contributed by atoms with E-state index in [4.69, 9.17) is 4.99 Å². The van der Waals surface area contributed by atoms with Crippen LogP contribution < -0.4 is 15.5 Å². The second-order valence-electron chi connectivity index (χ2n) is 8.01. The van der Waals surface area contributed by atoms with Crippen LogP contribution in [0.2, 0.25) is 0 Å². The molecule has 31 heavy (non-hydrogen) atoms. The molecular weight excluding hydrogens is 388 g/mol. The van der Waals surface area contributed by atoms with Crippen molar-refractivity contribution in [2.45, 2.75) is 51.7 Å². The van der Waals surface area contributed by atoms with Gasteiger partial charge in [-0.15, -0.1) is 0 Å². The van der Waals surface area contributed by atoms with Gasteiger partial charge in [0.1, 0.15) is 12.2 Å². The average molecular weight is 421 g/mol. The summed E-state index contributed by atoms with van der Waals surface area (Å²) in [7, 11) is 2.00. The molecule has 2 atom stereocenters. The lowest BCUT2D eigenvalue weighted by Gasteiger charge is -2.24. The van der Waals surface area contributed by atoms with Crippen LogP contribution in [0.1, 0.15) is 50.7 Å². The van der Waals surface area contributed by atoms with E-state index in [1.807, 2.05) is 49.5 Å². The van der Waals surface area contributed by atoms with Crippen LogP contribution in [0.3, 0.4) is 0 Å². The molecule has 1 heterocycles. The van der Waals surface area contributed by atoms with Crippen LogP contribution in [-0.4, -0.2) is 43.3 Å². The summed E-state index contributed by atoms with van der Waals surface area (Å²) in [4.78, 5) is 31.9. The van der Waals surface area contributed by atoms with Crippen molar-refractivity contribution in [2.75, 3.05) is 18.5 Å². The van der Waals surface area contributed by atoms with Crippen LogP contribution in [0, 0.1) is 0 Å². The highest BCUT2D eigenvalue weighted by Crippen LogP contribution is 2.26. The number of likely N-dealkylation sites (N-methyl/N-ethyl adjacent to an activating group) is 1. The average Bonchev–Trinajstić information content (AvgIpc) is 2.91. The molecule has 0 radical (unpaired) electrons. The molecule has 6 heteroatoms. The number of anilines is 1. The molecule has 0 bridgehead atoms. The first-order valence-electron chi connectivity index (χ1n) is 11.0. The zero-order chi connectivity index (χ0) is 22.2. The Balaban J connectivity index is 1.77. The second kappa shape index (κ2) is 10.8. The first kappa shape index (κ1) is 22.5. The Bertz CT molecular complexity index is 926. The molecule has 1 aliphatic rings. The fourth-order valence-electron chi connectivity index (χ4n) is 3.74. The molecule has 2 aromatic rings. The van der Waals surface area contributed by atoms with E-state index in [-0.39, 0.29) is 11.8 Å². The van der Waals surface area contributed by atoms with Crippen LogP contribution in [0.25, 0.3) is 0 Å². The van der Waals surface area contributed by atoms with Crippen molar-refractivity contribution in [3.05, 3.63) is 65.7 Å². The molecule has 6 nitrogen and oxygen atoms in total. The van der Waals surface area contributed by atoms with Gasteiger partial charge in [-0.3, -0.25) is 14.6 Å². The van der Waals surface area contributed by atoms with Gasteiger partial charge in [-0.2, -0.15) is 0 Å². The van der Waals surface area contributed by atoms with E-state index in [9.17, 15) is 9.59 Å². The third-order valence-electron chi connectivity index (χ3n) is 5.44. The number of aliphatic imine (C=N–C) groups is 1. The number of hydrogen-bond acceptors (Lipinski definition) is 4. The lowest BCUT2D eigenvalue weighted by Crippen LogP contribution is -2.50. The summed E-state index contributed by atoms with van der Waals surface area (Å²) in [5.41, 5.74) is 3.95. The number of fused-ring (bicyclic) bond motifs is 1. The smallest absolute Gasteiger partial charge is 0.243 e. The van der Waals surface area contributed by atoms with Crippen molar-refractivity contribution in [1.29, 1.82) is 0 Å². The molecule has 2 amide bonds. The summed E-state index contributed by atoms with van der Waals surface area (Å²) in [5.74, 6) is -0.320. The maximum absolute atomic E-state index is 12.8. The minimum Gasteiger partial charge on any atom is -0.370 e. The number of amides is 2. The van der Waals surface area contributed by atoms with Crippen molar-refractivity contribution >= 4 is 23.2 Å². The van der Waals surface area contributed by atoms with Crippen LogP contribution >= 0.6 is 0 Å². The third kappa shape index (κ3) is 5.94. The van der Waals surface area contributed by atoms with Crippen molar-refractivity contribution in [2.24, 2.45) is 4.99 Å². The Labute approximate surface area is 184 Å². The number of nitrogens with zero attached hydrogens (tertiary/aromatic N) is 2. The predicted molar refractivity (Wildman–Crippen MR) is 125 cm³/mol. The normalized spacial score (nSPS) is 16.5. The van der Waals surface area contributed by atoms with Gasteiger partial charge < -0.3 is 15.5 Å². The van der Waals surface area contributed by atoms with Crippen LogP contribution in [0.15, 0.2) is 59.6 Å². The molecule has 0 aliphatic carbocycles. The highest BCUT2D eigenvalue weighted by Gasteiger charge is 2.25. The molecular formula is C25H32N4O2. The fourth-order valence-corrected chi connectivity index (χ4v) is 3.74. The van der Waals surface area contributed by atoms with Crippen molar-refractivity contribution < 1.29 is 9.59 Å². The SMILES string of the molecule is CCCCCC(=O)N[C@@H](C)C(=O)N[C@@H]1CN(C)c2ccccc2C(c2ccccc2)=N1. The summed E-state index contributed by atoms with van der Waals surface area (Å²) >= 11 is 0. The molecule has 164 valence electrons. The summed E-state index contributed by atoms with van der Waals surface area (Å²) in [6, 6.07) is 17.5. The molecule has 0 saturated heterocycles. The highest BCUT2D eigenvalue weighted by molar-refractivity contribution is 6.16. The van der Waals surface area contributed by atoms with Gasteiger partial charge >= 0.3 is 0 Å². The monoisotopic (exact) mass is 420 g/mol. The summed E-state index contributed by atoms with van der Waals surface area (Å²) in [5, 5.41) is 5.82. The zero-order valence-corrected chi connectivity index (χ0v) is 18.6. The summed E-state index contributed by atoms with van der Waals surface area (Å²) in [6.45, 7) is 4.35. The largest absolute Gasteiger partial charge is 0.370 e. The Morgan fingerprint density at radius 3 is 2.55 bits per heavy atom. The van der Waals surface area contributed by atoms with E-state index in [0.717, 1.165) is 41.8 Å². The lowest BCUT2D eigenvalue weighted by atomic mass is 10.0. The quantitative estimate of drug-likeness (QED) is 0.642. The maximum atomic E-state index is 12.8. The molecule has 2 N–H and O–H groups in total. The number of rotatable bonds is 8.